The molecule has 0 radical (unpaired) electrons. The van der Waals surface area contributed by atoms with E-state index in [1.807, 2.05) is 13.0 Å². The van der Waals surface area contributed by atoms with Gasteiger partial charge in [-0.15, -0.1) is 0 Å². The summed E-state index contributed by atoms with van der Waals surface area (Å²) in [6, 6.07) is 0.352. The third kappa shape index (κ3) is 4.30. The lowest BCUT2D eigenvalue weighted by Crippen LogP contribution is -1.97. The van der Waals surface area contributed by atoms with Crippen LogP contribution in [0.15, 0.2) is 17.1 Å². The molecule has 1 unspecified atom stereocenters. The Kier molecular flexibility index (Phi) is 4.91. The molecule has 0 aliphatic rings. The molecule has 1 atom stereocenters. The SMILES string of the molecule is C/C=C\C(C)N=C(C)CC. The Morgan fingerprint density at radius 2 is 2.20 bits per heavy atom. The van der Waals surface area contributed by atoms with Crippen LogP contribution in [0.2, 0.25) is 0 Å². The fraction of sp³-hybridized carbons (Fsp3) is 0.667. The molecule has 0 bridgehead atoms. The molecular formula is C9H17N. The number of hydrogen-bond acceptors (Lipinski definition) is 1. The van der Waals surface area contributed by atoms with Gasteiger partial charge in [-0.05, 0) is 27.2 Å². The van der Waals surface area contributed by atoms with Crippen LogP contribution in [-0.4, -0.2) is 11.8 Å². The molecule has 0 aliphatic heterocycles. The normalized spacial score (nSPS) is 16.2. The molecule has 0 saturated heterocycles. The van der Waals surface area contributed by atoms with E-state index in [4.69, 9.17) is 0 Å². The zero-order valence-corrected chi connectivity index (χ0v) is 7.39. The van der Waals surface area contributed by atoms with E-state index in [-0.39, 0.29) is 0 Å². The zero-order valence-electron chi connectivity index (χ0n) is 7.39. The molecule has 1 nitrogen and oxygen atoms in total. The molecule has 0 spiro atoms. The smallest absolute Gasteiger partial charge is 0.0650 e. The average molecular weight is 139 g/mol. The van der Waals surface area contributed by atoms with Gasteiger partial charge in [0.1, 0.15) is 0 Å². The quantitative estimate of drug-likeness (QED) is 0.421. The molecule has 0 aromatic carbocycles. The van der Waals surface area contributed by atoms with Crippen molar-refractivity contribution in [3.63, 3.8) is 0 Å². The molecule has 0 fully saturated rings. The van der Waals surface area contributed by atoms with Gasteiger partial charge in [-0.1, -0.05) is 19.1 Å². The van der Waals surface area contributed by atoms with Crippen LogP contribution in [0, 0.1) is 0 Å². The van der Waals surface area contributed by atoms with Crippen molar-refractivity contribution in [3.8, 4) is 0 Å². The van der Waals surface area contributed by atoms with Crippen molar-refractivity contribution < 1.29 is 0 Å². The van der Waals surface area contributed by atoms with E-state index < -0.39 is 0 Å². The Morgan fingerprint density at radius 3 is 2.60 bits per heavy atom. The number of rotatable bonds is 3. The third-order valence-electron chi connectivity index (χ3n) is 1.41. The number of aliphatic imine (C=N–C) groups is 1. The van der Waals surface area contributed by atoms with Gasteiger partial charge < -0.3 is 0 Å². The topological polar surface area (TPSA) is 12.4 Å². The van der Waals surface area contributed by atoms with Crippen LogP contribution in [-0.2, 0) is 0 Å². The van der Waals surface area contributed by atoms with Crippen LogP contribution in [0.5, 0.6) is 0 Å². The maximum absolute atomic E-state index is 4.42. The minimum absolute atomic E-state index is 0.352. The van der Waals surface area contributed by atoms with Gasteiger partial charge in [0.2, 0.25) is 0 Å². The standard InChI is InChI=1S/C9H17N/c1-5-7-9(4)10-8(3)6-2/h5,7,9H,6H2,1-4H3/b7-5-,10-8?. The van der Waals surface area contributed by atoms with E-state index in [1.54, 1.807) is 0 Å². The number of allylic oxidation sites excluding steroid dienone is 1. The van der Waals surface area contributed by atoms with Crippen LogP contribution in [0.25, 0.3) is 0 Å². The first-order chi connectivity index (χ1) is 4.70. The van der Waals surface area contributed by atoms with E-state index >= 15 is 0 Å². The highest BCUT2D eigenvalue weighted by Crippen LogP contribution is 1.94. The molecule has 0 aliphatic carbocycles. The Morgan fingerprint density at radius 1 is 1.60 bits per heavy atom. The summed E-state index contributed by atoms with van der Waals surface area (Å²) in [7, 11) is 0. The fourth-order valence-corrected chi connectivity index (χ4v) is 0.760. The molecular weight excluding hydrogens is 122 g/mol. The van der Waals surface area contributed by atoms with Gasteiger partial charge in [-0.3, -0.25) is 4.99 Å². The second-order valence-electron chi connectivity index (χ2n) is 2.48. The lowest BCUT2D eigenvalue weighted by atomic mass is 10.3. The second kappa shape index (κ2) is 5.21. The van der Waals surface area contributed by atoms with Gasteiger partial charge in [-0.25, -0.2) is 0 Å². The highest BCUT2D eigenvalue weighted by atomic mass is 14.8. The van der Waals surface area contributed by atoms with Crippen molar-refractivity contribution in [2.24, 2.45) is 4.99 Å². The van der Waals surface area contributed by atoms with E-state index in [0.29, 0.717) is 6.04 Å². The van der Waals surface area contributed by atoms with Crippen molar-refractivity contribution in [1.29, 1.82) is 0 Å². The Hall–Kier alpha value is -0.590. The van der Waals surface area contributed by atoms with Gasteiger partial charge >= 0.3 is 0 Å². The van der Waals surface area contributed by atoms with Gasteiger partial charge in [0.15, 0.2) is 0 Å². The molecule has 0 N–H and O–H groups in total. The molecule has 0 heterocycles. The lowest BCUT2D eigenvalue weighted by molar-refractivity contribution is 0.914. The average Bonchev–Trinajstić information content (AvgIpc) is 1.88. The minimum atomic E-state index is 0.352. The van der Waals surface area contributed by atoms with Crippen molar-refractivity contribution >= 4 is 5.71 Å². The monoisotopic (exact) mass is 139 g/mol. The molecule has 0 aromatic heterocycles. The van der Waals surface area contributed by atoms with Crippen LogP contribution < -0.4 is 0 Å². The summed E-state index contributed by atoms with van der Waals surface area (Å²) >= 11 is 0. The van der Waals surface area contributed by atoms with Gasteiger partial charge in [0, 0.05) is 5.71 Å². The minimum Gasteiger partial charge on any atom is -0.287 e. The predicted octanol–water partition coefficient (Wildman–Crippen LogP) is 2.82. The predicted molar refractivity (Wildman–Crippen MR) is 47.7 cm³/mol. The first kappa shape index (κ1) is 9.41. The van der Waals surface area contributed by atoms with Crippen LogP contribution in [0.1, 0.15) is 34.1 Å². The molecule has 10 heavy (non-hydrogen) atoms. The molecule has 0 aromatic rings. The Labute approximate surface area is 63.9 Å². The van der Waals surface area contributed by atoms with Gasteiger partial charge in [0.25, 0.3) is 0 Å². The van der Waals surface area contributed by atoms with E-state index in [9.17, 15) is 0 Å². The van der Waals surface area contributed by atoms with Crippen molar-refractivity contribution in [2.45, 2.75) is 40.2 Å². The van der Waals surface area contributed by atoms with Crippen molar-refractivity contribution in [2.75, 3.05) is 0 Å². The lowest BCUT2D eigenvalue weighted by Gasteiger charge is -1.99. The summed E-state index contributed by atoms with van der Waals surface area (Å²) < 4.78 is 0. The van der Waals surface area contributed by atoms with Crippen molar-refractivity contribution in [3.05, 3.63) is 12.2 Å². The second-order valence-corrected chi connectivity index (χ2v) is 2.48. The summed E-state index contributed by atoms with van der Waals surface area (Å²) in [5.41, 5.74) is 1.23. The maximum atomic E-state index is 4.42. The Bertz CT molecular complexity index is 134. The molecule has 58 valence electrons. The number of nitrogens with zero attached hydrogens (tertiary/aromatic N) is 1. The molecule has 1 heteroatoms. The fourth-order valence-electron chi connectivity index (χ4n) is 0.760. The van der Waals surface area contributed by atoms with Gasteiger partial charge in [0.05, 0.1) is 6.04 Å². The highest BCUT2D eigenvalue weighted by Gasteiger charge is 1.90. The molecule has 0 saturated carbocycles. The van der Waals surface area contributed by atoms with Crippen LogP contribution in [0.4, 0.5) is 0 Å². The van der Waals surface area contributed by atoms with E-state index in [0.717, 1.165) is 6.42 Å². The highest BCUT2D eigenvalue weighted by molar-refractivity contribution is 5.81. The van der Waals surface area contributed by atoms with Crippen molar-refractivity contribution in [1.82, 2.24) is 0 Å². The van der Waals surface area contributed by atoms with Gasteiger partial charge in [-0.2, -0.15) is 0 Å². The maximum Gasteiger partial charge on any atom is 0.0650 e. The third-order valence-corrected chi connectivity index (χ3v) is 1.41. The van der Waals surface area contributed by atoms with Crippen LogP contribution >= 0.6 is 0 Å². The largest absolute Gasteiger partial charge is 0.287 e. The summed E-state index contributed by atoms with van der Waals surface area (Å²) in [5, 5.41) is 0. The number of hydrogen-bond donors (Lipinski definition) is 0. The first-order valence-electron chi connectivity index (χ1n) is 3.86. The summed E-state index contributed by atoms with van der Waals surface area (Å²) in [4.78, 5) is 4.42. The Balaban J connectivity index is 3.86. The zero-order chi connectivity index (χ0) is 7.98. The molecule has 0 amide bonds. The first-order valence-corrected chi connectivity index (χ1v) is 3.86. The van der Waals surface area contributed by atoms with Crippen LogP contribution in [0.3, 0.4) is 0 Å². The summed E-state index contributed by atoms with van der Waals surface area (Å²) in [5.74, 6) is 0. The summed E-state index contributed by atoms with van der Waals surface area (Å²) in [6.07, 6.45) is 5.19. The van der Waals surface area contributed by atoms with E-state index in [1.165, 1.54) is 5.71 Å². The molecule has 0 rings (SSSR count). The van der Waals surface area contributed by atoms with E-state index in [2.05, 4.69) is 31.8 Å². The summed E-state index contributed by atoms with van der Waals surface area (Å²) in [6.45, 7) is 8.31.